The summed E-state index contributed by atoms with van der Waals surface area (Å²) in [6.45, 7) is 4.24. The lowest BCUT2D eigenvalue weighted by atomic mass is 10.0. The second-order valence-corrected chi connectivity index (χ2v) is 7.28. The normalized spacial score (nSPS) is 12.1. The summed E-state index contributed by atoms with van der Waals surface area (Å²) >= 11 is 6.34. The van der Waals surface area contributed by atoms with Gasteiger partial charge in [0.25, 0.3) is 0 Å². The second kappa shape index (κ2) is 10.3. The standard InChI is InChI=1S/C21H25ClFNO4/c1-13(2)8-18(21(25)26)24-11-15-9-19(27-3)20(10-16(15)22)28-12-14-6-4-5-7-17(14)23/h4-7,9-10,13,18,24H,8,11-12H2,1-3H3,(H,25,26). The molecule has 0 bridgehead atoms. The molecule has 5 nitrogen and oxygen atoms in total. The van der Waals surface area contributed by atoms with Gasteiger partial charge < -0.3 is 19.9 Å². The van der Waals surface area contributed by atoms with Crippen LogP contribution in [0, 0.1) is 11.7 Å². The van der Waals surface area contributed by atoms with E-state index in [0.717, 1.165) is 0 Å². The number of hydrogen-bond acceptors (Lipinski definition) is 4. The van der Waals surface area contributed by atoms with Crippen LogP contribution in [-0.4, -0.2) is 24.2 Å². The number of carbonyl (C=O) groups is 1. The molecule has 0 radical (unpaired) electrons. The molecule has 1 atom stereocenters. The van der Waals surface area contributed by atoms with E-state index in [2.05, 4.69) is 5.32 Å². The van der Waals surface area contributed by atoms with E-state index >= 15 is 0 Å². The van der Waals surface area contributed by atoms with E-state index in [4.69, 9.17) is 21.1 Å². The lowest BCUT2D eigenvalue weighted by molar-refractivity contribution is -0.140. The number of methoxy groups -OCH3 is 1. The fraction of sp³-hybridized carbons (Fsp3) is 0.381. The zero-order valence-corrected chi connectivity index (χ0v) is 16.9. The summed E-state index contributed by atoms with van der Waals surface area (Å²) in [7, 11) is 1.50. The Bertz CT molecular complexity index is 813. The van der Waals surface area contributed by atoms with Crippen LogP contribution in [0.25, 0.3) is 0 Å². The average Bonchev–Trinajstić information content (AvgIpc) is 2.65. The molecule has 0 aliphatic heterocycles. The van der Waals surface area contributed by atoms with Crippen molar-refractivity contribution in [1.29, 1.82) is 0 Å². The number of carboxylic acids is 1. The van der Waals surface area contributed by atoms with E-state index in [1.54, 1.807) is 30.3 Å². The van der Waals surface area contributed by atoms with E-state index in [1.807, 2.05) is 13.8 Å². The van der Waals surface area contributed by atoms with Crippen molar-refractivity contribution in [2.24, 2.45) is 5.92 Å². The smallest absolute Gasteiger partial charge is 0.320 e. The number of benzene rings is 2. The molecule has 7 heteroatoms. The summed E-state index contributed by atoms with van der Waals surface area (Å²) in [6.07, 6.45) is 0.508. The van der Waals surface area contributed by atoms with Gasteiger partial charge in [-0.1, -0.05) is 43.6 Å². The van der Waals surface area contributed by atoms with Crippen molar-refractivity contribution < 1.29 is 23.8 Å². The molecule has 0 aromatic heterocycles. The van der Waals surface area contributed by atoms with Gasteiger partial charge in [-0.05, 0) is 30.0 Å². The molecule has 0 fully saturated rings. The third kappa shape index (κ3) is 6.11. The zero-order chi connectivity index (χ0) is 20.7. The first-order chi connectivity index (χ1) is 13.3. The molecule has 2 N–H and O–H groups in total. The van der Waals surface area contributed by atoms with E-state index in [-0.39, 0.29) is 24.9 Å². The first-order valence-corrected chi connectivity index (χ1v) is 9.38. The highest BCUT2D eigenvalue weighted by Gasteiger charge is 2.19. The number of nitrogens with one attached hydrogen (secondary N) is 1. The zero-order valence-electron chi connectivity index (χ0n) is 16.2. The van der Waals surface area contributed by atoms with Crippen LogP contribution >= 0.6 is 11.6 Å². The van der Waals surface area contributed by atoms with Crippen molar-refractivity contribution >= 4 is 17.6 Å². The summed E-state index contributed by atoms with van der Waals surface area (Å²) in [5.74, 6) is -0.183. The molecule has 28 heavy (non-hydrogen) atoms. The van der Waals surface area contributed by atoms with Crippen LogP contribution in [0.4, 0.5) is 4.39 Å². The van der Waals surface area contributed by atoms with Gasteiger partial charge in [-0.2, -0.15) is 0 Å². The van der Waals surface area contributed by atoms with Gasteiger partial charge in [0.15, 0.2) is 11.5 Å². The highest BCUT2D eigenvalue weighted by atomic mass is 35.5. The van der Waals surface area contributed by atoms with Crippen molar-refractivity contribution in [1.82, 2.24) is 5.32 Å². The second-order valence-electron chi connectivity index (χ2n) is 6.88. The van der Waals surface area contributed by atoms with Crippen LogP contribution in [0.2, 0.25) is 5.02 Å². The Morgan fingerprint density at radius 1 is 1.21 bits per heavy atom. The summed E-state index contributed by atoms with van der Waals surface area (Å²) in [5, 5.41) is 12.8. The highest BCUT2D eigenvalue weighted by Crippen LogP contribution is 2.34. The molecule has 0 aliphatic carbocycles. The van der Waals surface area contributed by atoms with Crippen molar-refractivity contribution in [3.05, 3.63) is 58.4 Å². The molecule has 2 rings (SSSR count). The minimum absolute atomic E-state index is 0.0342. The summed E-state index contributed by atoms with van der Waals surface area (Å²) in [6, 6.07) is 8.98. The van der Waals surface area contributed by atoms with Crippen LogP contribution in [-0.2, 0) is 17.9 Å². The Morgan fingerprint density at radius 2 is 1.93 bits per heavy atom. The topological polar surface area (TPSA) is 67.8 Å². The molecular formula is C21H25ClFNO4. The van der Waals surface area contributed by atoms with Crippen LogP contribution in [0.15, 0.2) is 36.4 Å². The predicted octanol–water partition coefficient (Wildman–Crippen LogP) is 4.66. The molecule has 152 valence electrons. The van der Waals surface area contributed by atoms with Crippen molar-refractivity contribution in [3.63, 3.8) is 0 Å². The number of halogens is 2. The maximum absolute atomic E-state index is 13.8. The van der Waals surface area contributed by atoms with Gasteiger partial charge in [-0.15, -0.1) is 0 Å². The Labute approximate surface area is 169 Å². The fourth-order valence-corrected chi connectivity index (χ4v) is 2.95. The summed E-state index contributed by atoms with van der Waals surface area (Å²) in [5.41, 5.74) is 1.11. The lowest BCUT2D eigenvalue weighted by Gasteiger charge is -2.18. The molecule has 0 saturated carbocycles. The fourth-order valence-electron chi connectivity index (χ4n) is 2.73. The van der Waals surface area contributed by atoms with Crippen molar-refractivity contribution in [2.45, 2.75) is 39.5 Å². The molecule has 1 unspecified atom stereocenters. The Balaban J connectivity index is 2.11. The van der Waals surface area contributed by atoms with Gasteiger partial charge in [-0.3, -0.25) is 4.79 Å². The molecule has 0 spiro atoms. The number of aliphatic carboxylic acids is 1. The van der Waals surface area contributed by atoms with Crippen LogP contribution < -0.4 is 14.8 Å². The van der Waals surface area contributed by atoms with Gasteiger partial charge in [0.1, 0.15) is 18.5 Å². The predicted molar refractivity (Wildman–Crippen MR) is 106 cm³/mol. The van der Waals surface area contributed by atoms with Gasteiger partial charge in [0.05, 0.1) is 7.11 Å². The molecule has 2 aromatic carbocycles. The molecule has 0 amide bonds. The lowest BCUT2D eigenvalue weighted by Crippen LogP contribution is -2.37. The summed E-state index contributed by atoms with van der Waals surface area (Å²) in [4.78, 5) is 11.4. The first-order valence-electron chi connectivity index (χ1n) is 9.00. The largest absolute Gasteiger partial charge is 0.493 e. The number of carboxylic acid groups (broad SMARTS) is 1. The molecule has 0 saturated heterocycles. The monoisotopic (exact) mass is 409 g/mol. The third-order valence-electron chi connectivity index (χ3n) is 4.22. The maximum atomic E-state index is 13.8. The minimum Gasteiger partial charge on any atom is -0.493 e. The van der Waals surface area contributed by atoms with Gasteiger partial charge >= 0.3 is 5.97 Å². The van der Waals surface area contributed by atoms with Crippen LogP contribution in [0.3, 0.4) is 0 Å². The molecule has 0 heterocycles. The van der Waals surface area contributed by atoms with E-state index < -0.39 is 12.0 Å². The first kappa shape index (κ1) is 22.0. The van der Waals surface area contributed by atoms with Crippen molar-refractivity contribution in [2.75, 3.05) is 7.11 Å². The molecular weight excluding hydrogens is 385 g/mol. The van der Waals surface area contributed by atoms with Crippen LogP contribution in [0.1, 0.15) is 31.4 Å². The Kier molecular flexibility index (Phi) is 8.08. The number of rotatable bonds is 10. The van der Waals surface area contributed by atoms with Gasteiger partial charge in [0, 0.05) is 23.2 Å². The van der Waals surface area contributed by atoms with Gasteiger partial charge in [0.2, 0.25) is 0 Å². The molecule has 0 aliphatic rings. The Hall–Kier alpha value is -2.31. The maximum Gasteiger partial charge on any atom is 0.320 e. The van der Waals surface area contributed by atoms with Crippen molar-refractivity contribution in [3.8, 4) is 11.5 Å². The Morgan fingerprint density at radius 3 is 2.54 bits per heavy atom. The number of ether oxygens (including phenoxy) is 2. The minimum atomic E-state index is -0.901. The highest BCUT2D eigenvalue weighted by molar-refractivity contribution is 6.31. The van der Waals surface area contributed by atoms with Crippen LogP contribution in [0.5, 0.6) is 11.5 Å². The molecule has 2 aromatic rings. The van der Waals surface area contributed by atoms with Gasteiger partial charge in [-0.25, -0.2) is 4.39 Å². The van der Waals surface area contributed by atoms with E-state index in [1.165, 1.54) is 13.2 Å². The summed E-state index contributed by atoms with van der Waals surface area (Å²) < 4.78 is 24.8. The van der Waals surface area contributed by atoms with E-state index in [0.29, 0.717) is 34.1 Å². The number of hydrogen-bond donors (Lipinski definition) is 2. The quantitative estimate of drug-likeness (QED) is 0.597. The van der Waals surface area contributed by atoms with E-state index in [9.17, 15) is 14.3 Å². The SMILES string of the molecule is COc1cc(CNC(CC(C)C)C(=O)O)c(Cl)cc1OCc1ccccc1F. The third-order valence-corrected chi connectivity index (χ3v) is 4.57. The average molecular weight is 410 g/mol.